The zero-order valence-electron chi connectivity index (χ0n) is 9.13. The Balaban J connectivity index is 1.84. The Morgan fingerprint density at radius 2 is 1.75 bits per heavy atom. The van der Waals surface area contributed by atoms with E-state index in [4.69, 9.17) is 9.84 Å². The van der Waals surface area contributed by atoms with Gasteiger partial charge in [0.25, 0.3) is 0 Å². The third-order valence-electron chi connectivity index (χ3n) is 3.07. The predicted octanol–water partition coefficient (Wildman–Crippen LogP) is 2.71. The minimum absolute atomic E-state index is 0.171. The Morgan fingerprint density at radius 3 is 2.31 bits per heavy atom. The summed E-state index contributed by atoms with van der Waals surface area (Å²) in [5.41, 5.74) is 0. The van der Waals surface area contributed by atoms with Crippen LogP contribution in [0.15, 0.2) is 30.3 Å². The second kappa shape index (κ2) is 5.01. The highest BCUT2D eigenvalue weighted by atomic mass is 16.5. The van der Waals surface area contributed by atoms with E-state index in [0.29, 0.717) is 0 Å². The molecule has 3 heteroatoms. The SMILES string of the molecule is O=C(O)C1CCC(Oc2ccccc2)CC1. The minimum Gasteiger partial charge on any atom is -0.490 e. The molecule has 0 amide bonds. The zero-order valence-corrected chi connectivity index (χ0v) is 9.13. The van der Waals surface area contributed by atoms with E-state index in [2.05, 4.69) is 0 Å². The maximum atomic E-state index is 10.8. The van der Waals surface area contributed by atoms with E-state index < -0.39 is 5.97 Å². The van der Waals surface area contributed by atoms with E-state index in [1.807, 2.05) is 30.3 Å². The van der Waals surface area contributed by atoms with E-state index in [1.165, 1.54) is 0 Å². The fourth-order valence-electron chi connectivity index (χ4n) is 2.12. The van der Waals surface area contributed by atoms with Crippen molar-refractivity contribution in [3.63, 3.8) is 0 Å². The molecule has 0 saturated heterocycles. The van der Waals surface area contributed by atoms with Crippen molar-refractivity contribution >= 4 is 5.97 Å². The number of ether oxygens (including phenoxy) is 1. The molecule has 1 aliphatic rings. The van der Waals surface area contributed by atoms with Gasteiger partial charge < -0.3 is 9.84 Å². The first-order valence-electron chi connectivity index (χ1n) is 5.70. The molecular formula is C13H16O3. The van der Waals surface area contributed by atoms with Gasteiger partial charge >= 0.3 is 5.97 Å². The fourth-order valence-corrected chi connectivity index (χ4v) is 2.12. The summed E-state index contributed by atoms with van der Waals surface area (Å²) in [6, 6.07) is 9.71. The average molecular weight is 220 g/mol. The molecule has 1 aliphatic carbocycles. The monoisotopic (exact) mass is 220 g/mol. The van der Waals surface area contributed by atoms with Crippen molar-refractivity contribution in [2.24, 2.45) is 5.92 Å². The molecule has 1 aromatic carbocycles. The molecule has 0 bridgehead atoms. The molecule has 1 N–H and O–H groups in total. The smallest absolute Gasteiger partial charge is 0.306 e. The van der Waals surface area contributed by atoms with Gasteiger partial charge in [0.2, 0.25) is 0 Å². The van der Waals surface area contributed by atoms with E-state index in [1.54, 1.807) is 0 Å². The lowest BCUT2D eigenvalue weighted by Gasteiger charge is -2.26. The maximum absolute atomic E-state index is 10.8. The molecule has 0 aliphatic heterocycles. The molecule has 16 heavy (non-hydrogen) atoms. The van der Waals surface area contributed by atoms with Gasteiger partial charge in [0.05, 0.1) is 12.0 Å². The summed E-state index contributed by atoms with van der Waals surface area (Å²) >= 11 is 0. The van der Waals surface area contributed by atoms with Crippen LogP contribution < -0.4 is 4.74 Å². The van der Waals surface area contributed by atoms with E-state index >= 15 is 0 Å². The molecule has 1 aromatic rings. The van der Waals surface area contributed by atoms with Gasteiger partial charge in [0.15, 0.2) is 0 Å². The first kappa shape index (κ1) is 11.0. The largest absolute Gasteiger partial charge is 0.490 e. The molecule has 0 atom stereocenters. The Bertz CT molecular complexity index is 339. The van der Waals surface area contributed by atoms with Crippen LogP contribution in [0.1, 0.15) is 25.7 Å². The Hall–Kier alpha value is -1.51. The van der Waals surface area contributed by atoms with Crippen LogP contribution in [0.5, 0.6) is 5.75 Å². The molecule has 86 valence electrons. The number of hydrogen-bond donors (Lipinski definition) is 1. The number of benzene rings is 1. The van der Waals surface area contributed by atoms with Crippen LogP contribution in [0, 0.1) is 5.92 Å². The summed E-state index contributed by atoms with van der Waals surface area (Å²) in [6.07, 6.45) is 3.32. The van der Waals surface area contributed by atoms with Gasteiger partial charge in [-0.3, -0.25) is 4.79 Å². The molecule has 0 spiro atoms. The number of para-hydroxylation sites is 1. The molecule has 1 saturated carbocycles. The lowest BCUT2D eigenvalue weighted by Crippen LogP contribution is -2.27. The normalized spacial score (nSPS) is 25.0. The molecule has 0 radical (unpaired) electrons. The maximum Gasteiger partial charge on any atom is 0.306 e. The quantitative estimate of drug-likeness (QED) is 0.851. The number of carboxylic acids is 1. The summed E-state index contributed by atoms with van der Waals surface area (Å²) in [7, 11) is 0. The summed E-state index contributed by atoms with van der Waals surface area (Å²) in [5, 5.41) is 8.87. The summed E-state index contributed by atoms with van der Waals surface area (Å²) < 4.78 is 5.79. The van der Waals surface area contributed by atoms with Crippen LogP contribution in [-0.2, 0) is 4.79 Å². The molecule has 3 nitrogen and oxygen atoms in total. The standard InChI is InChI=1S/C13H16O3/c14-13(15)10-6-8-12(9-7-10)16-11-4-2-1-3-5-11/h1-5,10,12H,6-9H2,(H,14,15). The van der Waals surface area contributed by atoms with Crippen molar-refractivity contribution in [3.05, 3.63) is 30.3 Å². The predicted molar refractivity (Wildman–Crippen MR) is 60.5 cm³/mol. The van der Waals surface area contributed by atoms with E-state index in [-0.39, 0.29) is 12.0 Å². The molecule has 1 fully saturated rings. The van der Waals surface area contributed by atoms with Crippen LogP contribution >= 0.6 is 0 Å². The Kier molecular flexibility index (Phi) is 3.44. The Morgan fingerprint density at radius 1 is 1.12 bits per heavy atom. The second-order valence-corrected chi connectivity index (χ2v) is 4.24. The summed E-state index contributed by atoms with van der Waals surface area (Å²) in [6.45, 7) is 0. The van der Waals surface area contributed by atoms with Crippen molar-refractivity contribution in [2.75, 3.05) is 0 Å². The highest BCUT2D eigenvalue weighted by molar-refractivity contribution is 5.70. The van der Waals surface area contributed by atoms with E-state index in [9.17, 15) is 4.79 Å². The van der Waals surface area contributed by atoms with Gasteiger partial charge in [-0.05, 0) is 37.8 Å². The van der Waals surface area contributed by atoms with Crippen LogP contribution in [-0.4, -0.2) is 17.2 Å². The Labute approximate surface area is 95.0 Å². The van der Waals surface area contributed by atoms with Crippen molar-refractivity contribution in [1.82, 2.24) is 0 Å². The van der Waals surface area contributed by atoms with Gasteiger partial charge in [0.1, 0.15) is 5.75 Å². The lowest BCUT2D eigenvalue weighted by atomic mass is 9.87. The molecule has 0 aromatic heterocycles. The highest BCUT2D eigenvalue weighted by Gasteiger charge is 2.26. The highest BCUT2D eigenvalue weighted by Crippen LogP contribution is 2.27. The number of hydrogen-bond acceptors (Lipinski definition) is 2. The van der Waals surface area contributed by atoms with Gasteiger partial charge in [-0.25, -0.2) is 0 Å². The van der Waals surface area contributed by atoms with E-state index in [0.717, 1.165) is 31.4 Å². The van der Waals surface area contributed by atoms with Crippen LogP contribution in [0.2, 0.25) is 0 Å². The van der Waals surface area contributed by atoms with Gasteiger partial charge in [-0.15, -0.1) is 0 Å². The van der Waals surface area contributed by atoms with Gasteiger partial charge in [-0.1, -0.05) is 18.2 Å². The molecule has 2 rings (SSSR count). The first-order chi connectivity index (χ1) is 7.75. The summed E-state index contributed by atoms with van der Waals surface area (Å²) in [4.78, 5) is 10.8. The zero-order chi connectivity index (χ0) is 11.4. The number of carboxylic acid groups (broad SMARTS) is 1. The third kappa shape index (κ3) is 2.75. The van der Waals surface area contributed by atoms with Crippen molar-refractivity contribution in [2.45, 2.75) is 31.8 Å². The van der Waals surface area contributed by atoms with Crippen LogP contribution in [0.4, 0.5) is 0 Å². The van der Waals surface area contributed by atoms with Crippen molar-refractivity contribution in [3.8, 4) is 5.75 Å². The third-order valence-corrected chi connectivity index (χ3v) is 3.07. The lowest BCUT2D eigenvalue weighted by molar-refractivity contribution is -0.143. The topological polar surface area (TPSA) is 46.5 Å². The van der Waals surface area contributed by atoms with Gasteiger partial charge in [0, 0.05) is 0 Å². The van der Waals surface area contributed by atoms with Crippen LogP contribution in [0.25, 0.3) is 0 Å². The summed E-state index contributed by atoms with van der Waals surface area (Å²) in [5.74, 6) is 0.0371. The number of rotatable bonds is 3. The van der Waals surface area contributed by atoms with Crippen molar-refractivity contribution < 1.29 is 14.6 Å². The number of carbonyl (C=O) groups is 1. The average Bonchev–Trinajstić information content (AvgIpc) is 2.31. The molecule has 0 unspecified atom stereocenters. The molecular weight excluding hydrogens is 204 g/mol. The fraction of sp³-hybridized carbons (Fsp3) is 0.462. The minimum atomic E-state index is -0.668. The second-order valence-electron chi connectivity index (χ2n) is 4.24. The van der Waals surface area contributed by atoms with Gasteiger partial charge in [-0.2, -0.15) is 0 Å². The van der Waals surface area contributed by atoms with Crippen molar-refractivity contribution in [1.29, 1.82) is 0 Å². The van der Waals surface area contributed by atoms with Crippen LogP contribution in [0.3, 0.4) is 0 Å². The molecule has 0 heterocycles. The first-order valence-corrected chi connectivity index (χ1v) is 5.70. The number of aliphatic carboxylic acids is 1.